The molecule has 4 heteroatoms. The zero-order valence-electron chi connectivity index (χ0n) is 13.1. The van der Waals surface area contributed by atoms with Crippen LogP contribution in [-0.2, 0) is 6.42 Å². The van der Waals surface area contributed by atoms with Gasteiger partial charge < -0.3 is 15.6 Å². The first-order valence-corrected chi connectivity index (χ1v) is 7.84. The lowest BCUT2D eigenvalue weighted by Gasteiger charge is -2.09. The average molecular weight is 316 g/mol. The number of benzene rings is 1. The molecule has 1 aromatic carbocycles. The van der Waals surface area contributed by atoms with Crippen LogP contribution in [0.4, 0.5) is 0 Å². The molecule has 1 rings (SSSR count). The van der Waals surface area contributed by atoms with Gasteiger partial charge in [-0.1, -0.05) is 51.2 Å². The van der Waals surface area contributed by atoms with Gasteiger partial charge in [-0.3, -0.25) is 0 Å². The molecule has 0 saturated carbocycles. The number of hydrogen-bond acceptors (Lipinski definition) is 3. The van der Waals surface area contributed by atoms with Gasteiger partial charge in [0, 0.05) is 6.04 Å². The fourth-order valence-corrected chi connectivity index (χ4v) is 2.16. The molecule has 0 radical (unpaired) electrons. The highest BCUT2D eigenvalue weighted by molar-refractivity contribution is 5.85. The van der Waals surface area contributed by atoms with E-state index in [1.165, 1.54) is 32.1 Å². The second-order valence-corrected chi connectivity index (χ2v) is 5.41. The maximum Gasteiger partial charge on any atom is 0.119 e. The van der Waals surface area contributed by atoms with Gasteiger partial charge in [0.25, 0.3) is 0 Å². The molecular weight excluding hydrogens is 286 g/mol. The van der Waals surface area contributed by atoms with Gasteiger partial charge in [-0.15, -0.1) is 12.4 Å². The van der Waals surface area contributed by atoms with Gasteiger partial charge in [0.1, 0.15) is 5.75 Å². The Bertz CT molecular complexity index is 343. The summed E-state index contributed by atoms with van der Waals surface area (Å²) in [4.78, 5) is 0. The van der Waals surface area contributed by atoms with E-state index in [0.29, 0.717) is 6.42 Å². The highest BCUT2D eigenvalue weighted by atomic mass is 35.5. The molecule has 3 nitrogen and oxygen atoms in total. The Morgan fingerprint density at radius 2 is 1.67 bits per heavy atom. The molecule has 0 fully saturated rings. The van der Waals surface area contributed by atoms with Crippen molar-refractivity contribution in [1.82, 2.24) is 0 Å². The summed E-state index contributed by atoms with van der Waals surface area (Å²) < 4.78 is 5.72. The van der Waals surface area contributed by atoms with Crippen molar-refractivity contribution in [2.75, 3.05) is 13.2 Å². The standard InChI is InChI=1S/C17H29NO2.ClH/c1-2-3-4-5-6-7-12-20-17-10-8-15(9-11-17)13-16(18)14-19;/h8-11,16,19H,2-7,12-14,18H2,1H3;1H. The molecular formula is C17H30ClNO2. The Kier molecular flexibility index (Phi) is 12.5. The molecule has 0 saturated heterocycles. The minimum absolute atomic E-state index is 0. The van der Waals surface area contributed by atoms with Gasteiger partial charge >= 0.3 is 0 Å². The van der Waals surface area contributed by atoms with Crippen LogP contribution in [0.25, 0.3) is 0 Å². The van der Waals surface area contributed by atoms with E-state index in [2.05, 4.69) is 6.92 Å². The minimum Gasteiger partial charge on any atom is -0.494 e. The fraction of sp³-hybridized carbons (Fsp3) is 0.647. The molecule has 1 atom stereocenters. The summed E-state index contributed by atoms with van der Waals surface area (Å²) >= 11 is 0. The van der Waals surface area contributed by atoms with Crippen LogP contribution in [0.2, 0.25) is 0 Å². The Morgan fingerprint density at radius 1 is 1.05 bits per heavy atom. The summed E-state index contributed by atoms with van der Waals surface area (Å²) in [6.07, 6.45) is 8.38. The lowest BCUT2D eigenvalue weighted by molar-refractivity contribution is 0.265. The molecule has 21 heavy (non-hydrogen) atoms. The number of unbranched alkanes of at least 4 members (excludes halogenated alkanes) is 5. The molecule has 0 aliphatic heterocycles. The number of aliphatic hydroxyl groups is 1. The van der Waals surface area contributed by atoms with E-state index in [1.807, 2.05) is 24.3 Å². The van der Waals surface area contributed by atoms with Crippen molar-refractivity contribution < 1.29 is 9.84 Å². The van der Waals surface area contributed by atoms with Crippen LogP contribution in [0.15, 0.2) is 24.3 Å². The normalized spacial score (nSPS) is 11.8. The summed E-state index contributed by atoms with van der Waals surface area (Å²) in [6, 6.07) is 7.83. The third kappa shape index (κ3) is 9.72. The minimum atomic E-state index is -0.176. The van der Waals surface area contributed by atoms with Crippen LogP contribution in [0, 0.1) is 0 Å². The van der Waals surface area contributed by atoms with E-state index in [4.69, 9.17) is 15.6 Å². The second-order valence-electron chi connectivity index (χ2n) is 5.41. The molecule has 0 amide bonds. The SMILES string of the molecule is CCCCCCCCOc1ccc(CC(N)CO)cc1.Cl. The molecule has 1 unspecified atom stereocenters. The monoisotopic (exact) mass is 315 g/mol. The predicted octanol–water partition coefficient (Wildman–Crippen LogP) is 3.71. The highest BCUT2D eigenvalue weighted by Gasteiger charge is 2.02. The Balaban J connectivity index is 0.00000400. The maximum absolute atomic E-state index is 8.92. The van der Waals surface area contributed by atoms with Crippen molar-refractivity contribution in [1.29, 1.82) is 0 Å². The molecule has 0 aliphatic rings. The van der Waals surface area contributed by atoms with E-state index in [0.717, 1.165) is 24.3 Å². The third-order valence-electron chi connectivity index (χ3n) is 3.42. The summed E-state index contributed by atoms with van der Waals surface area (Å²) in [7, 11) is 0. The Labute approximate surface area is 135 Å². The van der Waals surface area contributed by atoms with Crippen LogP contribution in [-0.4, -0.2) is 24.4 Å². The predicted molar refractivity (Wildman–Crippen MR) is 91.3 cm³/mol. The summed E-state index contributed by atoms with van der Waals surface area (Å²) in [5.74, 6) is 0.917. The first-order valence-electron chi connectivity index (χ1n) is 7.84. The lowest BCUT2D eigenvalue weighted by Crippen LogP contribution is -2.26. The number of ether oxygens (including phenoxy) is 1. The smallest absolute Gasteiger partial charge is 0.119 e. The molecule has 0 aromatic heterocycles. The molecule has 0 heterocycles. The Morgan fingerprint density at radius 3 is 2.29 bits per heavy atom. The molecule has 3 N–H and O–H groups in total. The zero-order chi connectivity index (χ0) is 14.6. The number of rotatable bonds is 11. The molecule has 122 valence electrons. The number of hydrogen-bond donors (Lipinski definition) is 2. The molecule has 0 aliphatic carbocycles. The first kappa shape index (κ1) is 20.2. The van der Waals surface area contributed by atoms with Gasteiger partial charge in [0.05, 0.1) is 13.2 Å². The first-order chi connectivity index (χ1) is 9.76. The second kappa shape index (κ2) is 12.9. The van der Waals surface area contributed by atoms with Crippen LogP contribution < -0.4 is 10.5 Å². The number of halogens is 1. The van der Waals surface area contributed by atoms with E-state index in [9.17, 15) is 0 Å². The van der Waals surface area contributed by atoms with Crippen molar-refractivity contribution in [2.45, 2.75) is 57.9 Å². The van der Waals surface area contributed by atoms with Crippen molar-refractivity contribution >= 4 is 12.4 Å². The topological polar surface area (TPSA) is 55.5 Å². The average Bonchev–Trinajstić information content (AvgIpc) is 2.48. The van der Waals surface area contributed by atoms with Gasteiger partial charge in [0.2, 0.25) is 0 Å². The summed E-state index contributed by atoms with van der Waals surface area (Å²) in [6.45, 7) is 3.05. The van der Waals surface area contributed by atoms with Gasteiger partial charge in [-0.05, 0) is 30.5 Å². The Hall–Kier alpha value is -0.770. The third-order valence-corrected chi connectivity index (χ3v) is 3.42. The maximum atomic E-state index is 8.92. The van der Waals surface area contributed by atoms with E-state index in [-0.39, 0.29) is 25.1 Å². The largest absolute Gasteiger partial charge is 0.494 e. The molecule has 1 aromatic rings. The zero-order valence-corrected chi connectivity index (χ0v) is 13.9. The van der Waals surface area contributed by atoms with Crippen LogP contribution in [0.5, 0.6) is 5.75 Å². The molecule has 0 bridgehead atoms. The van der Waals surface area contributed by atoms with Crippen molar-refractivity contribution in [2.24, 2.45) is 5.73 Å². The number of nitrogens with two attached hydrogens (primary N) is 1. The lowest BCUT2D eigenvalue weighted by atomic mass is 10.1. The highest BCUT2D eigenvalue weighted by Crippen LogP contribution is 2.14. The van der Waals surface area contributed by atoms with Gasteiger partial charge in [-0.25, -0.2) is 0 Å². The number of aliphatic hydroxyl groups excluding tert-OH is 1. The summed E-state index contributed by atoms with van der Waals surface area (Å²) in [5, 5.41) is 8.92. The van der Waals surface area contributed by atoms with Crippen molar-refractivity contribution in [3.8, 4) is 5.75 Å². The van der Waals surface area contributed by atoms with Gasteiger partial charge in [0.15, 0.2) is 0 Å². The van der Waals surface area contributed by atoms with E-state index < -0.39 is 0 Å². The van der Waals surface area contributed by atoms with E-state index >= 15 is 0 Å². The quantitative estimate of drug-likeness (QED) is 0.612. The van der Waals surface area contributed by atoms with Crippen molar-refractivity contribution in [3.05, 3.63) is 29.8 Å². The van der Waals surface area contributed by atoms with Crippen molar-refractivity contribution in [3.63, 3.8) is 0 Å². The van der Waals surface area contributed by atoms with Gasteiger partial charge in [-0.2, -0.15) is 0 Å². The molecule has 0 spiro atoms. The van der Waals surface area contributed by atoms with Crippen LogP contribution in [0.3, 0.4) is 0 Å². The summed E-state index contributed by atoms with van der Waals surface area (Å²) in [5.41, 5.74) is 6.85. The van der Waals surface area contributed by atoms with Crippen LogP contribution >= 0.6 is 12.4 Å². The van der Waals surface area contributed by atoms with Crippen LogP contribution in [0.1, 0.15) is 51.0 Å². The fourth-order valence-electron chi connectivity index (χ4n) is 2.16. The van der Waals surface area contributed by atoms with E-state index in [1.54, 1.807) is 0 Å².